The van der Waals surface area contributed by atoms with E-state index in [-0.39, 0.29) is 34.9 Å². The number of carboxylic acid groups (broad SMARTS) is 1. The van der Waals surface area contributed by atoms with E-state index in [1.807, 2.05) is 6.92 Å². The zero-order valence-electron chi connectivity index (χ0n) is 14.7. The van der Waals surface area contributed by atoms with Crippen LogP contribution >= 0.6 is 23.5 Å². The van der Waals surface area contributed by atoms with Crippen LogP contribution in [0.25, 0.3) is 0 Å². The number of rotatable bonds is 5. The molecule has 9 heteroatoms. The summed E-state index contributed by atoms with van der Waals surface area (Å²) in [5.41, 5.74) is 0.116. The molecular weight excluding hydrogens is 374 g/mol. The maximum atomic E-state index is 12.4. The zero-order valence-corrected chi connectivity index (χ0v) is 16.3. The molecule has 2 saturated heterocycles. The highest BCUT2D eigenvalue weighted by Gasteiger charge is 2.60. The van der Waals surface area contributed by atoms with E-state index in [1.165, 1.54) is 4.90 Å². The number of aliphatic imine (C=N–C) groups is 1. The third-order valence-electron chi connectivity index (χ3n) is 5.60. The lowest BCUT2D eigenvalue weighted by molar-refractivity contribution is -0.163. The molecule has 4 aliphatic rings. The van der Waals surface area contributed by atoms with Gasteiger partial charge >= 0.3 is 5.97 Å². The van der Waals surface area contributed by atoms with Crippen molar-refractivity contribution in [2.75, 3.05) is 18.8 Å². The van der Waals surface area contributed by atoms with Crippen LogP contribution in [-0.4, -0.2) is 74.3 Å². The van der Waals surface area contributed by atoms with Gasteiger partial charge in [-0.05, 0) is 13.3 Å². The highest BCUT2D eigenvalue weighted by molar-refractivity contribution is 8.14. The molecule has 0 saturated carbocycles. The van der Waals surface area contributed by atoms with Crippen molar-refractivity contribution in [1.29, 1.82) is 0 Å². The van der Waals surface area contributed by atoms with Crippen LogP contribution in [0.5, 0.6) is 0 Å². The first kappa shape index (κ1) is 18.3. The summed E-state index contributed by atoms with van der Waals surface area (Å²) >= 11 is 3.38. The largest absolute Gasteiger partial charge is 0.477 e. The molecule has 26 heavy (non-hydrogen) atoms. The maximum Gasteiger partial charge on any atom is 0.353 e. The van der Waals surface area contributed by atoms with E-state index in [1.54, 1.807) is 30.4 Å². The molecule has 0 radical (unpaired) electrons. The minimum Gasteiger partial charge on any atom is -0.477 e. The van der Waals surface area contributed by atoms with Gasteiger partial charge in [-0.15, -0.1) is 23.5 Å². The minimum absolute atomic E-state index is 0.0688. The molecule has 0 aromatic heterocycles. The summed E-state index contributed by atoms with van der Waals surface area (Å²) in [6, 6.07) is 0.0190. The second kappa shape index (κ2) is 6.85. The van der Waals surface area contributed by atoms with Crippen LogP contribution in [0.1, 0.15) is 20.3 Å². The van der Waals surface area contributed by atoms with Gasteiger partial charge < -0.3 is 20.4 Å². The van der Waals surface area contributed by atoms with Gasteiger partial charge in [-0.2, -0.15) is 0 Å². The molecular formula is C17H23N3O4S2. The van der Waals surface area contributed by atoms with Gasteiger partial charge in [0.1, 0.15) is 5.70 Å². The smallest absolute Gasteiger partial charge is 0.353 e. The Morgan fingerprint density at radius 3 is 2.88 bits per heavy atom. The van der Waals surface area contributed by atoms with Crippen LogP contribution in [0.4, 0.5) is 0 Å². The number of aliphatic carboxylic acids is 1. The van der Waals surface area contributed by atoms with Gasteiger partial charge in [0.25, 0.3) is 0 Å². The minimum atomic E-state index is -1.06. The first-order chi connectivity index (χ1) is 12.4. The molecule has 0 spiro atoms. The quantitative estimate of drug-likeness (QED) is 0.588. The average molecular weight is 398 g/mol. The molecule has 4 aliphatic heterocycles. The fraction of sp³-hybridized carbons (Fsp3) is 0.706. The third kappa shape index (κ3) is 2.80. The molecule has 6 atom stereocenters. The second-order valence-corrected chi connectivity index (χ2v) is 9.73. The number of amides is 1. The molecule has 142 valence electrons. The summed E-state index contributed by atoms with van der Waals surface area (Å²) < 4.78 is 0. The van der Waals surface area contributed by atoms with Gasteiger partial charge in [0.15, 0.2) is 0 Å². The van der Waals surface area contributed by atoms with E-state index in [9.17, 15) is 19.8 Å². The molecule has 4 rings (SSSR count). The number of carbonyl (C=O) groups is 2. The molecule has 3 N–H and O–H groups in total. The van der Waals surface area contributed by atoms with Crippen LogP contribution in [0.15, 0.2) is 15.6 Å². The fourth-order valence-electron chi connectivity index (χ4n) is 4.40. The summed E-state index contributed by atoms with van der Waals surface area (Å²) in [4.78, 5) is 30.9. The van der Waals surface area contributed by atoms with E-state index in [0.717, 1.165) is 35.2 Å². The topological polar surface area (TPSA) is 102 Å². The highest BCUT2D eigenvalue weighted by Crippen LogP contribution is 2.51. The summed E-state index contributed by atoms with van der Waals surface area (Å²) in [5.74, 6) is -0.867. The van der Waals surface area contributed by atoms with Gasteiger partial charge in [-0.1, -0.05) is 6.92 Å². The lowest BCUT2D eigenvalue weighted by Gasteiger charge is -2.46. The molecule has 1 amide bonds. The predicted molar refractivity (Wildman–Crippen MR) is 102 cm³/mol. The van der Waals surface area contributed by atoms with Crippen molar-refractivity contribution in [2.24, 2.45) is 16.8 Å². The number of carbonyl (C=O) groups excluding carboxylic acids is 1. The van der Waals surface area contributed by atoms with Gasteiger partial charge in [-0.25, -0.2) is 4.79 Å². The Hall–Kier alpha value is -1.03. The number of hydrogen-bond acceptors (Lipinski definition) is 7. The van der Waals surface area contributed by atoms with Crippen molar-refractivity contribution < 1.29 is 19.8 Å². The van der Waals surface area contributed by atoms with E-state index < -0.39 is 18.0 Å². The lowest BCUT2D eigenvalue weighted by Crippen LogP contribution is -2.63. The predicted octanol–water partition coefficient (Wildman–Crippen LogP) is 0.749. The Bertz CT molecular complexity index is 708. The summed E-state index contributed by atoms with van der Waals surface area (Å²) in [6.45, 7) is 5.25. The van der Waals surface area contributed by atoms with E-state index >= 15 is 0 Å². The first-order valence-corrected chi connectivity index (χ1v) is 10.8. The summed E-state index contributed by atoms with van der Waals surface area (Å²) in [7, 11) is 0. The Morgan fingerprint density at radius 2 is 2.27 bits per heavy atom. The lowest BCUT2D eigenvalue weighted by atomic mass is 9.79. The van der Waals surface area contributed by atoms with Gasteiger partial charge in [0.2, 0.25) is 5.91 Å². The van der Waals surface area contributed by atoms with Crippen molar-refractivity contribution >= 4 is 40.4 Å². The number of nitrogens with one attached hydrogen (secondary N) is 1. The molecule has 0 aliphatic carbocycles. The molecule has 0 aromatic rings. The fourth-order valence-corrected chi connectivity index (χ4v) is 6.84. The molecule has 4 heterocycles. The van der Waals surface area contributed by atoms with Crippen LogP contribution in [0, 0.1) is 11.8 Å². The van der Waals surface area contributed by atoms with Crippen molar-refractivity contribution in [3.8, 4) is 0 Å². The highest BCUT2D eigenvalue weighted by atomic mass is 32.2. The zero-order chi connectivity index (χ0) is 18.6. The number of β-lactam (4-membered cyclic amide) rings is 1. The van der Waals surface area contributed by atoms with Crippen LogP contribution in [-0.2, 0) is 9.59 Å². The van der Waals surface area contributed by atoms with Gasteiger partial charge in [-0.3, -0.25) is 9.79 Å². The molecule has 2 fully saturated rings. The second-order valence-electron chi connectivity index (χ2n) is 7.28. The Kier molecular flexibility index (Phi) is 4.83. The number of hydrogen-bond donors (Lipinski definition) is 3. The molecule has 7 nitrogen and oxygen atoms in total. The van der Waals surface area contributed by atoms with Crippen molar-refractivity contribution in [3.05, 3.63) is 10.6 Å². The third-order valence-corrected chi connectivity index (χ3v) is 8.21. The number of aliphatic hydroxyl groups excluding tert-OH is 1. The molecule has 0 aromatic carbocycles. The van der Waals surface area contributed by atoms with Crippen LogP contribution < -0.4 is 5.32 Å². The first-order valence-electron chi connectivity index (χ1n) is 8.96. The summed E-state index contributed by atoms with van der Waals surface area (Å²) in [6.07, 6.45) is 0.151. The standard InChI is InChI=1S/C17H23N3O4S2/c1-7-12-11(8(2)21)16(22)20(12)13(17(23)24)14(7)26-9-5-10(19-6-9)15-18-3-4-25-15/h7-12,19,21H,3-6H2,1-2H3,(H,23,24)/t7-,8-,9+,10+,11-,12-/m1/s1. The number of fused-ring (bicyclic) bond motifs is 1. The molecule has 0 unspecified atom stereocenters. The van der Waals surface area contributed by atoms with E-state index in [2.05, 4.69) is 10.3 Å². The SMILES string of the molecule is C[C@@H](O)[C@H]1C(=O)N2C(C(=O)O)=C(S[C@@H]3CN[C@H](C4=NCCS4)C3)[C@H](C)[C@H]12. The van der Waals surface area contributed by atoms with Crippen LogP contribution in [0.3, 0.4) is 0 Å². The van der Waals surface area contributed by atoms with Gasteiger partial charge in [0, 0.05) is 34.9 Å². The van der Waals surface area contributed by atoms with Crippen molar-refractivity contribution in [3.63, 3.8) is 0 Å². The Morgan fingerprint density at radius 1 is 1.50 bits per heavy atom. The van der Waals surface area contributed by atoms with Crippen LogP contribution in [0.2, 0.25) is 0 Å². The number of aliphatic hydroxyl groups is 1. The number of nitrogens with zero attached hydrogens (tertiary/aromatic N) is 2. The van der Waals surface area contributed by atoms with E-state index in [0.29, 0.717) is 0 Å². The monoisotopic (exact) mass is 397 g/mol. The van der Waals surface area contributed by atoms with Crippen molar-refractivity contribution in [2.45, 2.75) is 43.7 Å². The normalized spacial score (nSPS) is 37.7. The number of carboxylic acids is 1. The average Bonchev–Trinajstić information content (AvgIpc) is 3.28. The Labute approximate surface area is 160 Å². The Balaban J connectivity index is 1.52. The maximum absolute atomic E-state index is 12.4. The number of thioether (sulfide) groups is 2. The molecule has 0 bridgehead atoms. The van der Waals surface area contributed by atoms with E-state index in [4.69, 9.17) is 0 Å². The van der Waals surface area contributed by atoms with Gasteiger partial charge in [0.05, 0.1) is 29.1 Å². The van der Waals surface area contributed by atoms with Crippen molar-refractivity contribution in [1.82, 2.24) is 10.2 Å². The summed E-state index contributed by atoms with van der Waals surface area (Å²) in [5, 5.41) is 24.5.